The Labute approximate surface area is 153 Å². The third kappa shape index (κ3) is 3.10. The van der Waals surface area contributed by atoms with Crippen LogP contribution in [0.25, 0.3) is 22.0 Å². The highest BCUT2D eigenvalue weighted by atomic mass is 16.3. The van der Waals surface area contributed by atoms with Crippen molar-refractivity contribution in [3.8, 4) is 17.0 Å². The number of hydrogen-bond acceptors (Lipinski definition) is 5. The molecule has 0 spiro atoms. The highest BCUT2D eigenvalue weighted by molar-refractivity contribution is 6.02. The van der Waals surface area contributed by atoms with E-state index in [1.165, 1.54) is 0 Å². The lowest BCUT2D eigenvalue weighted by Crippen LogP contribution is -2.38. The quantitative estimate of drug-likeness (QED) is 0.672. The van der Waals surface area contributed by atoms with E-state index in [0.717, 1.165) is 59.3 Å². The SMILES string of the molecule is Cc1ccc(-c2nnc(NC3CCCNC3)c3cccc(C)c23)c(O)c1. The maximum Gasteiger partial charge on any atom is 0.156 e. The second kappa shape index (κ2) is 6.92. The zero-order valence-electron chi connectivity index (χ0n) is 15.2. The number of rotatable bonds is 3. The molecule has 1 saturated heterocycles. The van der Waals surface area contributed by atoms with Crippen LogP contribution in [0, 0.1) is 13.8 Å². The number of phenols is 1. The van der Waals surface area contributed by atoms with Crippen molar-refractivity contribution in [2.45, 2.75) is 32.7 Å². The summed E-state index contributed by atoms with van der Waals surface area (Å²) in [7, 11) is 0. The molecule has 2 aromatic carbocycles. The number of hydrogen-bond donors (Lipinski definition) is 3. The van der Waals surface area contributed by atoms with E-state index < -0.39 is 0 Å². The Morgan fingerprint density at radius 1 is 1.15 bits per heavy atom. The molecular weight excluding hydrogens is 324 g/mol. The normalized spacial score (nSPS) is 17.4. The number of piperidine rings is 1. The van der Waals surface area contributed by atoms with Crippen LogP contribution in [-0.2, 0) is 0 Å². The summed E-state index contributed by atoms with van der Waals surface area (Å²) in [5.41, 5.74) is 3.58. The standard InChI is InChI=1S/C21H24N4O/c1-13-8-9-16(18(26)11-13)20-19-14(2)5-3-7-17(19)21(25-24-20)23-15-6-4-10-22-12-15/h3,5,7-9,11,15,22,26H,4,6,10,12H2,1-2H3,(H,23,25). The molecule has 0 amide bonds. The van der Waals surface area contributed by atoms with Crippen LogP contribution >= 0.6 is 0 Å². The van der Waals surface area contributed by atoms with Crippen molar-refractivity contribution in [1.82, 2.24) is 15.5 Å². The topological polar surface area (TPSA) is 70.1 Å². The molecule has 0 aliphatic carbocycles. The Balaban J connectivity index is 1.84. The number of benzene rings is 2. The minimum atomic E-state index is 0.237. The Bertz CT molecular complexity index is 948. The van der Waals surface area contributed by atoms with Crippen LogP contribution in [0.15, 0.2) is 36.4 Å². The van der Waals surface area contributed by atoms with E-state index in [9.17, 15) is 5.11 Å². The van der Waals surface area contributed by atoms with Gasteiger partial charge in [-0.1, -0.05) is 24.3 Å². The van der Waals surface area contributed by atoms with Crippen molar-refractivity contribution >= 4 is 16.6 Å². The average Bonchev–Trinajstić information content (AvgIpc) is 2.64. The molecule has 5 nitrogen and oxygen atoms in total. The van der Waals surface area contributed by atoms with Gasteiger partial charge in [0.05, 0.1) is 0 Å². The maximum atomic E-state index is 10.4. The molecule has 2 heterocycles. The van der Waals surface area contributed by atoms with Crippen molar-refractivity contribution < 1.29 is 5.11 Å². The second-order valence-corrected chi connectivity index (χ2v) is 7.10. The summed E-state index contributed by atoms with van der Waals surface area (Å²) >= 11 is 0. The van der Waals surface area contributed by atoms with E-state index in [4.69, 9.17) is 0 Å². The van der Waals surface area contributed by atoms with Crippen LogP contribution in [0.5, 0.6) is 5.75 Å². The van der Waals surface area contributed by atoms with Crippen molar-refractivity contribution in [2.75, 3.05) is 18.4 Å². The molecule has 3 aromatic rings. The molecule has 5 heteroatoms. The molecule has 1 aliphatic rings. The average molecular weight is 348 g/mol. The molecule has 134 valence electrons. The van der Waals surface area contributed by atoms with E-state index >= 15 is 0 Å². The Morgan fingerprint density at radius 2 is 2.04 bits per heavy atom. The zero-order chi connectivity index (χ0) is 18.1. The number of aromatic nitrogens is 2. The lowest BCUT2D eigenvalue weighted by atomic mass is 9.99. The molecule has 1 aliphatic heterocycles. The van der Waals surface area contributed by atoms with Crippen LogP contribution in [0.4, 0.5) is 5.82 Å². The van der Waals surface area contributed by atoms with Crippen molar-refractivity contribution in [2.24, 2.45) is 0 Å². The Kier molecular flexibility index (Phi) is 4.47. The van der Waals surface area contributed by atoms with Crippen LogP contribution in [-0.4, -0.2) is 34.4 Å². The van der Waals surface area contributed by atoms with Gasteiger partial charge in [-0.15, -0.1) is 10.2 Å². The van der Waals surface area contributed by atoms with Gasteiger partial charge in [0, 0.05) is 28.9 Å². The first kappa shape index (κ1) is 16.8. The van der Waals surface area contributed by atoms with E-state index in [1.54, 1.807) is 6.07 Å². The van der Waals surface area contributed by atoms with Gasteiger partial charge in [0.25, 0.3) is 0 Å². The Hall–Kier alpha value is -2.66. The van der Waals surface area contributed by atoms with Crippen molar-refractivity contribution in [3.05, 3.63) is 47.5 Å². The monoisotopic (exact) mass is 348 g/mol. The molecule has 1 atom stereocenters. The van der Waals surface area contributed by atoms with Gasteiger partial charge in [-0.25, -0.2) is 0 Å². The number of fused-ring (bicyclic) bond motifs is 1. The van der Waals surface area contributed by atoms with Gasteiger partial charge < -0.3 is 15.7 Å². The largest absolute Gasteiger partial charge is 0.507 e. The summed E-state index contributed by atoms with van der Waals surface area (Å²) in [6.45, 7) is 6.05. The summed E-state index contributed by atoms with van der Waals surface area (Å²) in [5.74, 6) is 1.05. The molecule has 0 bridgehead atoms. The van der Waals surface area contributed by atoms with Gasteiger partial charge in [-0.05, 0) is 56.5 Å². The molecule has 1 fully saturated rings. The first-order chi connectivity index (χ1) is 12.6. The lowest BCUT2D eigenvalue weighted by Gasteiger charge is -2.25. The van der Waals surface area contributed by atoms with Crippen LogP contribution in [0.1, 0.15) is 24.0 Å². The molecule has 26 heavy (non-hydrogen) atoms. The third-order valence-electron chi connectivity index (χ3n) is 5.06. The van der Waals surface area contributed by atoms with E-state index in [-0.39, 0.29) is 5.75 Å². The minimum absolute atomic E-state index is 0.237. The van der Waals surface area contributed by atoms with Crippen LogP contribution in [0.2, 0.25) is 0 Å². The molecule has 0 saturated carbocycles. The zero-order valence-corrected chi connectivity index (χ0v) is 15.2. The fourth-order valence-electron chi connectivity index (χ4n) is 3.69. The number of nitrogens with zero attached hydrogens (tertiary/aromatic N) is 2. The summed E-state index contributed by atoms with van der Waals surface area (Å²) in [5, 5.41) is 28.5. The second-order valence-electron chi connectivity index (χ2n) is 7.10. The third-order valence-corrected chi connectivity index (χ3v) is 5.06. The van der Waals surface area contributed by atoms with Gasteiger partial charge in [-0.2, -0.15) is 0 Å². The smallest absolute Gasteiger partial charge is 0.156 e. The van der Waals surface area contributed by atoms with E-state index in [0.29, 0.717) is 11.6 Å². The maximum absolute atomic E-state index is 10.4. The van der Waals surface area contributed by atoms with Gasteiger partial charge in [0.1, 0.15) is 11.4 Å². The van der Waals surface area contributed by atoms with Gasteiger partial charge in [-0.3, -0.25) is 0 Å². The number of aromatic hydroxyl groups is 1. The fourth-order valence-corrected chi connectivity index (χ4v) is 3.69. The number of phenolic OH excluding ortho intramolecular Hbond substituents is 1. The van der Waals surface area contributed by atoms with Gasteiger partial charge >= 0.3 is 0 Å². The van der Waals surface area contributed by atoms with Gasteiger partial charge in [0.2, 0.25) is 0 Å². The highest BCUT2D eigenvalue weighted by Crippen LogP contribution is 2.36. The number of nitrogens with one attached hydrogen (secondary N) is 2. The number of aryl methyl sites for hydroxylation is 2. The molecule has 1 unspecified atom stereocenters. The van der Waals surface area contributed by atoms with Crippen molar-refractivity contribution in [1.29, 1.82) is 0 Å². The number of anilines is 1. The highest BCUT2D eigenvalue weighted by Gasteiger charge is 2.18. The summed E-state index contributed by atoms with van der Waals surface area (Å²) in [6.07, 6.45) is 2.29. The van der Waals surface area contributed by atoms with E-state index in [2.05, 4.69) is 39.9 Å². The summed E-state index contributed by atoms with van der Waals surface area (Å²) in [6, 6.07) is 12.2. The summed E-state index contributed by atoms with van der Waals surface area (Å²) in [4.78, 5) is 0. The first-order valence-electron chi connectivity index (χ1n) is 9.17. The predicted molar refractivity (Wildman–Crippen MR) is 106 cm³/mol. The Morgan fingerprint density at radius 3 is 2.81 bits per heavy atom. The van der Waals surface area contributed by atoms with Gasteiger partial charge in [0.15, 0.2) is 5.82 Å². The lowest BCUT2D eigenvalue weighted by molar-refractivity contribution is 0.476. The predicted octanol–water partition coefficient (Wildman–Crippen LogP) is 3.78. The van der Waals surface area contributed by atoms with Crippen LogP contribution < -0.4 is 10.6 Å². The fraction of sp³-hybridized carbons (Fsp3) is 0.333. The first-order valence-corrected chi connectivity index (χ1v) is 9.17. The molecule has 3 N–H and O–H groups in total. The molecule has 4 rings (SSSR count). The summed E-state index contributed by atoms with van der Waals surface area (Å²) < 4.78 is 0. The minimum Gasteiger partial charge on any atom is -0.507 e. The molecular formula is C21H24N4O. The molecule has 0 radical (unpaired) electrons. The molecule has 1 aromatic heterocycles. The van der Waals surface area contributed by atoms with E-state index in [1.807, 2.05) is 25.1 Å². The van der Waals surface area contributed by atoms with Crippen molar-refractivity contribution in [3.63, 3.8) is 0 Å². The van der Waals surface area contributed by atoms with Crippen LogP contribution in [0.3, 0.4) is 0 Å².